The van der Waals surface area contributed by atoms with Crippen molar-refractivity contribution in [3.05, 3.63) is 58.5 Å². The van der Waals surface area contributed by atoms with E-state index < -0.39 is 0 Å². The van der Waals surface area contributed by atoms with Crippen molar-refractivity contribution >= 4 is 23.4 Å². The Labute approximate surface area is 158 Å². The number of nitrogens with zero attached hydrogens (tertiary/aromatic N) is 1. The summed E-state index contributed by atoms with van der Waals surface area (Å²) in [5.74, 6) is 0.993. The van der Waals surface area contributed by atoms with Crippen molar-refractivity contribution in [2.24, 2.45) is 0 Å². The third-order valence-electron chi connectivity index (χ3n) is 4.71. The number of carbonyl (C=O) groups excluding carboxylic acids is 2. The number of furan rings is 1. The molecule has 3 rings (SSSR count). The van der Waals surface area contributed by atoms with Crippen LogP contribution < -0.4 is 5.32 Å². The van der Waals surface area contributed by atoms with Gasteiger partial charge in [-0.25, -0.2) is 0 Å². The van der Waals surface area contributed by atoms with Crippen LogP contribution in [0.2, 0.25) is 5.02 Å². The van der Waals surface area contributed by atoms with Crippen molar-refractivity contribution in [3.63, 3.8) is 0 Å². The Kier molecular flexibility index (Phi) is 5.99. The lowest BCUT2D eigenvalue weighted by molar-refractivity contribution is -0.132. The molecule has 0 bridgehead atoms. The first-order valence-corrected chi connectivity index (χ1v) is 9.29. The second-order valence-corrected chi connectivity index (χ2v) is 7.04. The number of piperidine rings is 1. The minimum atomic E-state index is -0.193. The highest BCUT2D eigenvalue weighted by Crippen LogP contribution is 2.18. The molecular formula is C20H23ClN2O3. The number of likely N-dealkylation sites (tertiary alicyclic amines) is 1. The van der Waals surface area contributed by atoms with Crippen molar-refractivity contribution in [1.82, 2.24) is 10.2 Å². The van der Waals surface area contributed by atoms with Crippen LogP contribution in [-0.4, -0.2) is 35.8 Å². The van der Waals surface area contributed by atoms with Crippen LogP contribution in [0.1, 0.15) is 41.1 Å². The Morgan fingerprint density at radius 2 is 1.92 bits per heavy atom. The van der Waals surface area contributed by atoms with Gasteiger partial charge in [0.05, 0.1) is 0 Å². The van der Waals surface area contributed by atoms with Crippen molar-refractivity contribution in [2.45, 2.75) is 38.6 Å². The number of rotatable bonds is 5. The third-order valence-corrected chi connectivity index (χ3v) is 5.08. The molecule has 1 aliphatic heterocycles. The molecule has 0 unspecified atom stereocenters. The maximum atomic E-state index is 12.4. The predicted octanol–water partition coefficient (Wildman–Crippen LogP) is 3.60. The normalized spacial score (nSPS) is 15.1. The minimum Gasteiger partial charge on any atom is -0.456 e. The summed E-state index contributed by atoms with van der Waals surface area (Å²) in [4.78, 5) is 26.4. The summed E-state index contributed by atoms with van der Waals surface area (Å²) in [5.41, 5.74) is 0.999. The number of aryl methyl sites for hydroxylation is 2. The Morgan fingerprint density at radius 3 is 2.58 bits per heavy atom. The Balaban J connectivity index is 1.43. The molecule has 2 aromatic rings. The Bertz CT molecular complexity index is 779. The number of hydrogen-bond donors (Lipinski definition) is 1. The molecule has 0 aliphatic carbocycles. The van der Waals surface area contributed by atoms with Gasteiger partial charge in [0.25, 0.3) is 5.91 Å². The molecule has 1 aromatic heterocycles. The molecule has 1 fully saturated rings. The van der Waals surface area contributed by atoms with E-state index in [9.17, 15) is 9.59 Å². The topological polar surface area (TPSA) is 62.6 Å². The van der Waals surface area contributed by atoms with E-state index in [1.165, 1.54) is 0 Å². The fourth-order valence-electron chi connectivity index (χ4n) is 3.19. The summed E-state index contributed by atoms with van der Waals surface area (Å²) in [6.07, 6.45) is 2.60. The van der Waals surface area contributed by atoms with Crippen LogP contribution in [0.15, 0.2) is 40.8 Å². The maximum Gasteiger partial charge on any atom is 0.287 e. The lowest BCUT2D eigenvalue weighted by atomic mass is 10.0. The van der Waals surface area contributed by atoms with Crippen molar-refractivity contribution in [1.29, 1.82) is 0 Å². The van der Waals surface area contributed by atoms with Crippen LogP contribution in [0.25, 0.3) is 0 Å². The number of nitrogens with one attached hydrogen (secondary N) is 1. The second-order valence-electron chi connectivity index (χ2n) is 6.63. The van der Waals surface area contributed by atoms with E-state index >= 15 is 0 Å². The van der Waals surface area contributed by atoms with Gasteiger partial charge in [-0.1, -0.05) is 29.8 Å². The van der Waals surface area contributed by atoms with E-state index in [2.05, 4.69) is 5.32 Å². The molecule has 1 aromatic carbocycles. The van der Waals surface area contributed by atoms with E-state index in [-0.39, 0.29) is 17.9 Å². The molecule has 0 atom stereocenters. The summed E-state index contributed by atoms with van der Waals surface area (Å²) < 4.78 is 5.34. The molecule has 0 radical (unpaired) electrons. The summed E-state index contributed by atoms with van der Waals surface area (Å²) >= 11 is 6.14. The van der Waals surface area contributed by atoms with Crippen LogP contribution >= 0.6 is 11.6 Å². The molecular weight excluding hydrogens is 352 g/mol. The lowest BCUT2D eigenvalue weighted by Gasteiger charge is -2.32. The summed E-state index contributed by atoms with van der Waals surface area (Å²) in [5, 5.41) is 3.69. The van der Waals surface area contributed by atoms with Crippen molar-refractivity contribution < 1.29 is 14.0 Å². The molecule has 26 heavy (non-hydrogen) atoms. The van der Waals surface area contributed by atoms with E-state index in [1.807, 2.05) is 36.1 Å². The van der Waals surface area contributed by atoms with Crippen LogP contribution in [0, 0.1) is 6.92 Å². The Hall–Kier alpha value is -2.27. The van der Waals surface area contributed by atoms with Gasteiger partial charge in [-0.15, -0.1) is 0 Å². The van der Waals surface area contributed by atoms with E-state index in [0.717, 1.165) is 18.4 Å². The number of hydrogen-bond acceptors (Lipinski definition) is 3. The average molecular weight is 375 g/mol. The van der Waals surface area contributed by atoms with E-state index in [0.29, 0.717) is 42.5 Å². The van der Waals surface area contributed by atoms with Crippen LogP contribution in [-0.2, 0) is 11.2 Å². The maximum absolute atomic E-state index is 12.4. The van der Waals surface area contributed by atoms with Gasteiger partial charge in [-0.3, -0.25) is 9.59 Å². The van der Waals surface area contributed by atoms with Gasteiger partial charge >= 0.3 is 0 Å². The summed E-state index contributed by atoms with van der Waals surface area (Å²) in [6, 6.07) is 11.1. The van der Waals surface area contributed by atoms with Crippen LogP contribution in [0.5, 0.6) is 0 Å². The molecule has 1 N–H and O–H groups in total. The molecule has 1 saturated heterocycles. The van der Waals surface area contributed by atoms with E-state index in [4.69, 9.17) is 16.0 Å². The first kappa shape index (κ1) is 18.5. The number of benzene rings is 1. The zero-order valence-electron chi connectivity index (χ0n) is 14.8. The van der Waals surface area contributed by atoms with Crippen LogP contribution in [0.3, 0.4) is 0 Å². The largest absolute Gasteiger partial charge is 0.456 e. The summed E-state index contributed by atoms with van der Waals surface area (Å²) in [6.45, 7) is 3.12. The molecule has 2 heterocycles. The monoisotopic (exact) mass is 374 g/mol. The highest BCUT2D eigenvalue weighted by molar-refractivity contribution is 6.31. The highest BCUT2D eigenvalue weighted by Gasteiger charge is 2.24. The van der Waals surface area contributed by atoms with Gasteiger partial charge < -0.3 is 14.6 Å². The van der Waals surface area contributed by atoms with Crippen molar-refractivity contribution in [2.75, 3.05) is 13.1 Å². The van der Waals surface area contributed by atoms with Gasteiger partial charge in [0.15, 0.2) is 5.76 Å². The molecule has 0 saturated carbocycles. The second kappa shape index (κ2) is 8.41. The molecule has 1 aliphatic rings. The quantitative estimate of drug-likeness (QED) is 0.869. The fraction of sp³-hybridized carbons (Fsp3) is 0.400. The molecule has 2 amide bonds. The fourth-order valence-corrected chi connectivity index (χ4v) is 3.42. The number of amides is 2. The standard InChI is InChI=1S/C20H23ClN2O3/c1-14-6-8-18(26-14)20(25)22-16-10-12-23(13-11-16)19(24)9-7-15-4-2-3-5-17(15)21/h2-6,8,16H,7,9-13H2,1H3,(H,22,25). The zero-order valence-corrected chi connectivity index (χ0v) is 15.6. The first-order chi connectivity index (χ1) is 12.5. The third kappa shape index (κ3) is 4.67. The molecule has 0 spiro atoms. The van der Waals surface area contributed by atoms with E-state index in [1.54, 1.807) is 12.1 Å². The lowest BCUT2D eigenvalue weighted by Crippen LogP contribution is -2.46. The van der Waals surface area contributed by atoms with Gasteiger partial charge in [0.2, 0.25) is 5.91 Å². The van der Waals surface area contributed by atoms with Gasteiger partial charge in [-0.2, -0.15) is 0 Å². The van der Waals surface area contributed by atoms with Gasteiger partial charge in [0.1, 0.15) is 5.76 Å². The molecule has 5 nitrogen and oxygen atoms in total. The SMILES string of the molecule is Cc1ccc(C(=O)NC2CCN(C(=O)CCc3ccccc3Cl)CC2)o1. The highest BCUT2D eigenvalue weighted by atomic mass is 35.5. The minimum absolute atomic E-state index is 0.0699. The average Bonchev–Trinajstić information content (AvgIpc) is 3.08. The molecule has 6 heteroatoms. The Morgan fingerprint density at radius 1 is 1.19 bits per heavy atom. The predicted molar refractivity (Wildman–Crippen MR) is 100 cm³/mol. The number of halogens is 1. The number of carbonyl (C=O) groups is 2. The van der Waals surface area contributed by atoms with Gasteiger partial charge in [-0.05, 0) is 49.9 Å². The van der Waals surface area contributed by atoms with Gasteiger partial charge in [0, 0.05) is 30.6 Å². The summed E-state index contributed by atoms with van der Waals surface area (Å²) in [7, 11) is 0. The zero-order chi connectivity index (χ0) is 18.5. The molecule has 138 valence electrons. The first-order valence-electron chi connectivity index (χ1n) is 8.91. The smallest absolute Gasteiger partial charge is 0.287 e. The van der Waals surface area contributed by atoms with Crippen LogP contribution in [0.4, 0.5) is 0 Å². The van der Waals surface area contributed by atoms with Crippen molar-refractivity contribution in [3.8, 4) is 0 Å².